The fourth-order valence-electron chi connectivity index (χ4n) is 1.82. The first-order valence-corrected chi connectivity index (χ1v) is 7.81. The number of rotatable bonds is 6. The van der Waals surface area contributed by atoms with Crippen LogP contribution in [0.3, 0.4) is 0 Å². The molecule has 0 saturated heterocycles. The van der Waals surface area contributed by atoms with Gasteiger partial charge in [0.05, 0.1) is 23.6 Å². The number of nitrogens with two attached hydrogens (primary N) is 2. The number of esters is 1. The Morgan fingerprint density at radius 1 is 1.30 bits per heavy atom. The van der Waals surface area contributed by atoms with E-state index in [4.69, 9.17) is 15.6 Å². The van der Waals surface area contributed by atoms with Gasteiger partial charge in [-0.15, -0.1) is 5.10 Å². The van der Waals surface area contributed by atoms with Crippen molar-refractivity contribution in [2.45, 2.75) is 18.2 Å². The summed E-state index contributed by atoms with van der Waals surface area (Å²) in [4.78, 5) is 27.3. The minimum Gasteiger partial charge on any atom is -0.460 e. The zero-order chi connectivity index (χ0) is 17.0. The first kappa shape index (κ1) is 16.8. The number of nitrogens with zero attached hydrogens (tertiary/aromatic N) is 3. The number of carbonyl (C=O) groups is 2. The van der Waals surface area contributed by atoms with Crippen LogP contribution in [0.4, 0.5) is 0 Å². The minimum atomic E-state index is -1.61. The van der Waals surface area contributed by atoms with Gasteiger partial charge >= 0.3 is 5.97 Å². The van der Waals surface area contributed by atoms with E-state index in [1.54, 1.807) is 31.2 Å². The predicted molar refractivity (Wildman–Crippen MR) is 80.8 cm³/mol. The molecule has 1 aromatic heterocycles. The molecule has 4 N–H and O–H groups in total. The fraction of sp³-hybridized carbons (Fsp3) is 0.231. The van der Waals surface area contributed by atoms with Crippen LogP contribution in [0.25, 0.3) is 5.69 Å². The Morgan fingerprint density at radius 3 is 2.48 bits per heavy atom. The molecule has 1 heterocycles. The maximum atomic E-state index is 11.7. The zero-order valence-corrected chi connectivity index (χ0v) is 13.1. The van der Waals surface area contributed by atoms with Gasteiger partial charge in [-0.05, 0) is 31.2 Å². The van der Waals surface area contributed by atoms with Crippen molar-refractivity contribution in [3.8, 4) is 5.69 Å². The van der Waals surface area contributed by atoms with Gasteiger partial charge in [-0.2, -0.15) is 0 Å². The molecule has 1 atom stereocenters. The second kappa shape index (κ2) is 7.11. The molecule has 2 rings (SSSR count). The molecule has 0 aliphatic carbocycles. The SMILES string of the molecule is CCOC(=O)c1nc(CC(N)=O)n(-c2ccc(S(N)=O)cc2)n1. The number of hydrogen-bond acceptors (Lipinski definition) is 6. The Morgan fingerprint density at radius 2 is 1.96 bits per heavy atom. The summed E-state index contributed by atoms with van der Waals surface area (Å²) in [6, 6.07) is 6.28. The molecule has 0 aliphatic heterocycles. The summed E-state index contributed by atoms with van der Waals surface area (Å²) in [5, 5.41) is 9.33. The van der Waals surface area contributed by atoms with Crippen LogP contribution in [0.5, 0.6) is 0 Å². The van der Waals surface area contributed by atoms with E-state index in [0.717, 1.165) is 0 Å². The maximum Gasteiger partial charge on any atom is 0.378 e. The highest BCUT2D eigenvalue weighted by atomic mass is 32.2. The number of carbonyl (C=O) groups excluding carboxylic acids is 2. The van der Waals surface area contributed by atoms with E-state index in [-0.39, 0.29) is 24.7 Å². The molecule has 0 aliphatic rings. The Balaban J connectivity index is 2.43. The second-order valence-electron chi connectivity index (χ2n) is 4.42. The molecule has 0 saturated carbocycles. The van der Waals surface area contributed by atoms with E-state index < -0.39 is 22.9 Å². The third-order valence-electron chi connectivity index (χ3n) is 2.78. The van der Waals surface area contributed by atoms with Crippen molar-refractivity contribution in [1.82, 2.24) is 14.8 Å². The van der Waals surface area contributed by atoms with Crippen molar-refractivity contribution in [3.05, 3.63) is 35.9 Å². The Labute approximate surface area is 134 Å². The number of hydrogen-bond donors (Lipinski definition) is 2. The first-order chi connectivity index (χ1) is 10.9. The first-order valence-electron chi connectivity index (χ1n) is 6.60. The van der Waals surface area contributed by atoms with Gasteiger partial charge < -0.3 is 10.5 Å². The predicted octanol–water partition coefficient (Wildman–Crippen LogP) is -0.547. The van der Waals surface area contributed by atoms with Crippen LogP contribution in [0.15, 0.2) is 29.2 Å². The van der Waals surface area contributed by atoms with Crippen LogP contribution in [-0.2, 0) is 26.9 Å². The van der Waals surface area contributed by atoms with Crippen LogP contribution in [0, 0.1) is 0 Å². The van der Waals surface area contributed by atoms with Crippen molar-refractivity contribution < 1.29 is 18.5 Å². The van der Waals surface area contributed by atoms with Gasteiger partial charge in [0.25, 0.3) is 5.82 Å². The lowest BCUT2D eigenvalue weighted by Gasteiger charge is -2.05. The summed E-state index contributed by atoms with van der Waals surface area (Å²) >= 11 is 0. The van der Waals surface area contributed by atoms with Crippen LogP contribution in [0.2, 0.25) is 0 Å². The molecule has 23 heavy (non-hydrogen) atoms. The van der Waals surface area contributed by atoms with Crippen LogP contribution in [-0.4, -0.2) is 37.5 Å². The highest BCUT2D eigenvalue weighted by Crippen LogP contribution is 2.14. The highest BCUT2D eigenvalue weighted by molar-refractivity contribution is 7.82. The number of benzene rings is 1. The van der Waals surface area contributed by atoms with Crippen molar-refractivity contribution in [2.24, 2.45) is 10.9 Å². The van der Waals surface area contributed by atoms with Crippen molar-refractivity contribution in [3.63, 3.8) is 0 Å². The lowest BCUT2D eigenvalue weighted by atomic mass is 10.3. The molecule has 0 bridgehead atoms. The molecule has 1 unspecified atom stereocenters. The molecule has 0 spiro atoms. The van der Waals surface area contributed by atoms with Crippen LogP contribution in [0.1, 0.15) is 23.4 Å². The molecule has 9 nitrogen and oxygen atoms in total. The molecule has 122 valence electrons. The van der Waals surface area contributed by atoms with Gasteiger partial charge in [0.1, 0.15) is 16.8 Å². The molecule has 0 fully saturated rings. The average Bonchev–Trinajstić information content (AvgIpc) is 2.90. The maximum absolute atomic E-state index is 11.7. The van der Waals surface area contributed by atoms with E-state index in [1.807, 2.05) is 0 Å². The standard InChI is InChI=1S/C13H15N5O4S/c1-2-22-13(20)12-16-11(7-10(14)19)18(17-12)8-3-5-9(6-4-8)23(15)21/h3-6H,2,7,15H2,1H3,(H2,14,19). The third-order valence-corrected chi connectivity index (χ3v) is 3.51. The fourth-order valence-corrected chi connectivity index (χ4v) is 2.23. The Hall–Kier alpha value is -2.59. The largest absolute Gasteiger partial charge is 0.460 e. The van der Waals surface area contributed by atoms with Gasteiger partial charge in [-0.25, -0.2) is 23.8 Å². The van der Waals surface area contributed by atoms with E-state index in [9.17, 15) is 13.8 Å². The summed E-state index contributed by atoms with van der Waals surface area (Å²) < 4.78 is 17.3. The summed E-state index contributed by atoms with van der Waals surface area (Å²) in [6.07, 6.45) is -0.197. The van der Waals surface area contributed by atoms with Gasteiger partial charge in [0.2, 0.25) is 5.91 Å². The van der Waals surface area contributed by atoms with Gasteiger partial charge in [0.15, 0.2) is 0 Å². The zero-order valence-electron chi connectivity index (χ0n) is 12.3. The number of primary amides is 1. The smallest absolute Gasteiger partial charge is 0.378 e. The molecule has 10 heteroatoms. The van der Waals surface area contributed by atoms with Crippen LogP contribution >= 0.6 is 0 Å². The normalized spacial score (nSPS) is 11.9. The summed E-state index contributed by atoms with van der Waals surface area (Å²) in [7, 11) is -1.61. The van der Waals surface area contributed by atoms with E-state index in [1.165, 1.54) is 4.68 Å². The van der Waals surface area contributed by atoms with Gasteiger partial charge in [0, 0.05) is 0 Å². The molecule has 2 aromatic rings. The monoisotopic (exact) mass is 337 g/mol. The number of aromatic nitrogens is 3. The quantitative estimate of drug-likeness (QED) is 0.677. The molecular weight excluding hydrogens is 322 g/mol. The molecule has 1 amide bonds. The van der Waals surface area contributed by atoms with Gasteiger partial charge in [-0.1, -0.05) is 0 Å². The van der Waals surface area contributed by atoms with E-state index >= 15 is 0 Å². The molecular formula is C13H15N5O4S. The summed E-state index contributed by atoms with van der Waals surface area (Å²) in [5.74, 6) is -1.29. The molecule has 0 radical (unpaired) electrons. The lowest BCUT2D eigenvalue weighted by Crippen LogP contribution is -2.17. The minimum absolute atomic E-state index is 0.172. The number of amides is 1. The lowest BCUT2D eigenvalue weighted by molar-refractivity contribution is -0.117. The van der Waals surface area contributed by atoms with Crippen LogP contribution < -0.4 is 10.9 Å². The highest BCUT2D eigenvalue weighted by Gasteiger charge is 2.19. The Kier molecular flexibility index (Phi) is 5.19. The third kappa shape index (κ3) is 3.99. The molecule has 1 aromatic carbocycles. The number of ether oxygens (including phenoxy) is 1. The van der Waals surface area contributed by atoms with Crippen molar-refractivity contribution >= 4 is 22.9 Å². The van der Waals surface area contributed by atoms with E-state index in [0.29, 0.717) is 10.6 Å². The Bertz CT molecular complexity index is 756. The average molecular weight is 337 g/mol. The van der Waals surface area contributed by atoms with Crippen molar-refractivity contribution in [1.29, 1.82) is 0 Å². The van der Waals surface area contributed by atoms with Crippen molar-refractivity contribution in [2.75, 3.05) is 6.61 Å². The summed E-state index contributed by atoms with van der Waals surface area (Å²) in [6.45, 7) is 1.83. The van der Waals surface area contributed by atoms with E-state index in [2.05, 4.69) is 10.1 Å². The topological polar surface area (TPSA) is 143 Å². The van der Waals surface area contributed by atoms with Gasteiger partial charge in [-0.3, -0.25) is 4.79 Å². The second-order valence-corrected chi connectivity index (χ2v) is 5.48. The summed E-state index contributed by atoms with van der Waals surface area (Å²) in [5.41, 5.74) is 5.70.